The van der Waals surface area contributed by atoms with Gasteiger partial charge in [-0.2, -0.15) is 0 Å². The van der Waals surface area contributed by atoms with Gasteiger partial charge in [0.05, 0.1) is 0 Å². The van der Waals surface area contributed by atoms with Gasteiger partial charge in [-0.1, -0.05) is 13.3 Å². The molecular weight excluding hydrogens is 193 g/mol. The van der Waals surface area contributed by atoms with Gasteiger partial charge in [-0.05, 0) is 6.42 Å². The molecule has 0 atom stereocenters. The minimum Gasteiger partial charge on any atom is -0.550 e. The van der Waals surface area contributed by atoms with Crippen LogP contribution in [0.4, 0.5) is 0 Å². The van der Waals surface area contributed by atoms with Crippen LogP contribution in [0.2, 0.25) is 0 Å². The fourth-order valence-electron chi connectivity index (χ4n) is 0.204. The van der Waals surface area contributed by atoms with Gasteiger partial charge in [0.2, 0.25) is 0 Å². The molecule has 0 aliphatic heterocycles. The number of carboxylic acids is 1. The van der Waals surface area contributed by atoms with E-state index in [0.29, 0.717) is 6.42 Å². The van der Waals surface area contributed by atoms with E-state index in [0.717, 1.165) is 0 Å². The van der Waals surface area contributed by atoms with Crippen molar-refractivity contribution in [1.29, 1.82) is 0 Å². The van der Waals surface area contributed by atoms with Crippen molar-refractivity contribution >= 4 is 5.97 Å². The van der Waals surface area contributed by atoms with E-state index in [1.165, 1.54) is 0 Å². The molecule has 0 aliphatic rings. The quantitative estimate of drug-likeness (QED) is 0.406. The summed E-state index contributed by atoms with van der Waals surface area (Å²) in [5.41, 5.74) is 0. The van der Waals surface area contributed by atoms with Crippen molar-refractivity contribution in [3.8, 4) is 0 Å². The third kappa shape index (κ3) is 104. The summed E-state index contributed by atoms with van der Waals surface area (Å²) in [5.74, 6) is -0.961. The maximum Gasteiger partial charge on any atom is 1.00 e. The van der Waals surface area contributed by atoms with E-state index in [9.17, 15) is 9.90 Å². The Balaban J connectivity index is -0.0000000546. The van der Waals surface area contributed by atoms with Gasteiger partial charge in [0, 0.05) is 5.97 Å². The Morgan fingerprint density at radius 2 is 1.38 bits per heavy atom. The van der Waals surface area contributed by atoms with Gasteiger partial charge in [0.15, 0.2) is 0 Å². The van der Waals surface area contributed by atoms with Crippen LogP contribution >= 0.6 is 0 Å². The number of hydrogen-bond donors (Lipinski definition) is 0. The third-order valence-electron chi connectivity index (χ3n) is 0.454. The van der Waals surface area contributed by atoms with Crippen molar-refractivity contribution < 1.29 is 76.5 Å². The second-order valence-electron chi connectivity index (χ2n) is 1.50. The molecule has 0 rings (SSSR count). The van der Waals surface area contributed by atoms with Gasteiger partial charge in [-0.15, -0.1) is 10.2 Å². The maximum absolute atomic E-state index is 9.49. The molecule has 0 aliphatic carbocycles. The number of carboxylic acid groups (broad SMARTS) is 1. The predicted octanol–water partition coefficient (Wildman–Crippen LogP) is -11.2. The molecule has 0 aromatic rings. The van der Waals surface area contributed by atoms with Gasteiger partial charge in [-0.3, -0.25) is 0 Å². The average Bonchev–Trinajstić information content (AvgIpc) is 1.58. The van der Waals surface area contributed by atoms with Gasteiger partial charge in [0.25, 0.3) is 0 Å². The summed E-state index contributed by atoms with van der Waals surface area (Å²) >= 11 is 0. The van der Waals surface area contributed by atoms with Crippen LogP contribution in [0.3, 0.4) is 0 Å². The molecule has 0 heterocycles. The second-order valence-corrected chi connectivity index (χ2v) is 2.26. The second kappa shape index (κ2) is 12.8. The van der Waals surface area contributed by atoms with E-state index >= 15 is 0 Å². The first-order valence-corrected chi connectivity index (χ1v) is 3.82. The SMILES string of the molecule is CCCC(=O)[O-].[Li+].[Li+].[O-][Cl+3]([O-])([O-])[O-]. The monoisotopic (exact) mass is 200 g/mol. The molecular formula is C4H7ClLi2O6. The minimum atomic E-state index is -4.94. The largest absolute Gasteiger partial charge is 1.00 e. The van der Waals surface area contributed by atoms with Gasteiger partial charge in [-0.25, -0.2) is 18.6 Å². The summed E-state index contributed by atoms with van der Waals surface area (Å²) in [6.45, 7) is 1.80. The Bertz CT molecular complexity index is 110. The van der Waals surface area contributed by atoms with Crippen LogP contribution in [-0.4, -0.2) is 5.97 Å². The number of rotatable bonds is 2. The van der Waals surface area contributed by atoms with Crippen molar-refractivity contribution in [3.63, 3.8) is 0 Å². The van der Waals surface area contributed by atoms with E-state index in [2.05, 4.69) is 0 Å². The van der Waals surface area contributed by atoms with Crippen LogP contribution in [-0.2, 0) is 4.79 Å². The molecule has 9 heteroatoms. The summed E-state index contributed by atoms with van der Waals surface area (Å²) in [7, 11) is -4.94. The summed E-state index contributed by atoms with van der Waals surface area (Å²) < 4.78 is 34.0. The summed E-state index contributed by atoms with van der Waals surface area (Å²) in [6.07, 6.45) is 0.850. The summed E-state index contributed by atoms with van der Waals surface area (Å²) in [5, 5.41) is 9.49. The molecule has 0 aromatic heterocycles. The minimum absolute atomic E-state index is 0. The van der Waals surface area contributed by atoms with E-state index in [1.54, 1.807) is 6.92 Å². The first kappa shape index (κ1) is 23.5. The van der Waals surface area contributed by atoms with Crippen molar-refractivity contribution in [2.75, 3.05) is 0 Å². The number of halogens is 1. The van der Waals surface area contributed by atoms with E-state index in [-0.39, 0.29) is 44.1 Å². The zero-order valence-electron chi connectivity index (χ0n) is 7.74. The summed E-state index contributed by atoms with van der Waals surface area (Å²) in [6, 6.07) is 0. The Labute approximate surface area is 102 Å². The third-order valence-corrected chi connectivity index (χ3v) is 0.454. The molecule has 0 fully saturated rings. The van der Waals surface area contributed by atoms with E-state index < -0.39 is 16.2 Å². The average molecular weight is 200 g/mol. The van der Waals surface area contributed by atoms with Crippen LogP contribution < -0.4 is 61.5 Å². The van der Waals surface area contributed by atoms with Crippen LogP contribution in [0.5, 0.6) is 0 Å². The molecule has 0 unspecified atom stereocenters. The zero-order chi connectivity index (χ0) is 9.49. The van der Waals surface area contributed by atoms with Crippen molar-refractivity contribution in [2.24, 2.45) is 0 Å². The van der Waals surface area contributed by atoms with Gasteiger partial charge >= 0.3 is 37.7 Å². The van der Waals surface area contributed by atoms with Crippen LogP contribution in [0.25, 0.3) is 0 Å². The molecule has 0 saturated carbocycles. The molecule has 13 heavy (non-hydrogen) atoms. The fourth-order valence-corrected chi connectivity index (χ4v) is 0.204. The zero-order valence-corrected chi connectivity index (χ0v) is 8.50. The van der Waals surface area contributed by atoms with Crippen LogP contribution in [0, 0.1) is 10.2 Å². The number of aliphatic carboxylic acids is 1. The Morgan fingerprint density at radius 1 is 1.15 bits per heavy atom. The number of hydrogen-bond acceptors (Lipinski definition) is 6. The Hall–Kier alpha value is 0.795. The molecule has 68 valence electrons. The van der Waals surface area contributed by atoms with Gasteiger partial charge in [0.1, 0.15) is 0 Å². The van der Waals surface area contributed by atoms with E-state index in [1.807, 2.05) is 0 Å². The normalized spacial score (nSPS) is 8.38. The Morgan fingerprint density at radius 3 is 1.38 bits per heavy atom. The van der Waals surface area contributed by atoms with Crippen molar-refractivity contribution in [3.05, 3.63) is 0 Å². The molecule has 0 aromatic carbocycles. The van der Waals surface area contributed by atoms with Crippen molar-refractivity contribution in [2.45, 2.75) is 19.8 Å². The molecule has 0 N–H and O–H groups in total. The topological polar surface area (TPSA) is 132 Å². The van der Waals surface area contributed by atoms with Gasteiger partial charge < -0.3 is 9.90 Å². The Kier molecular flexibility index (Phi) is 23.2. The summed E-state index contributed by atoms with van der Waals surface area (Å²) in [4.78, 5) is 9.49. The first-order chi connectivity index (χ1) is 4.77. The molecule has 0 radical (unpaired) electrons. The molecule has 0 amide bonds. The predicted molar refractivity (Wildman–Crippen MR) is 19.9 cm³/mol. The maximum atomic E-state index is 9.49. The first-order valence-electron chi connectivity index (χ1n) is 2.59. The smallest absolute Gasteiger partial charge is 0.550 e. The van der Waals surface area contributed by atoms with E-state index in [4.69, 9.17) is 18.6 Å². The standard InChI is InChI=1S/C4H8O2.ClHO4.2Li/c1-2-3-4(5)6;2-1(3,4)5;;/h2-3H2,1H3,(H,5,6);(H,2,3,4,5);;/q;;2*+1/p-2. The molecule has 0 spiro atoms. The van der Waals surface area contributed by atoms with Crippen LogP contribution in [0.15, 0.2) is 0 Å². The molecule has 0 bridgehead atoms. The fraction of sp³-hybridized carbons (Fsp3) is 0.750. The van der Waals surface area contributed by atoms with Crippen molar-refractivity contribution in [1.82, 2.24) is 0 Å². The molecule has 0 saturated heterocycles. The molecule has 6 nitrogen and oxygen atoms in total. The number of carbonyl (C=O) groups is 1. The number of carbonyl (C=O) groups excluding carboxylic acids is 1. The van der Waals surface area contributed by atoms with Crippen LogP contribution in [0.1, 0.15) is 19.8 Å².